The minimum atomic E-state index is -0.958. The van der Waals surface area contributed by atoms with Gasteiger partial charge in [-0.3, -0.25) is 4.90 Å². The number of ether oxygens (including phenoxy) is 2. The van der Waals surface area contributed by atoms with Crippen LogP contribution in [0.4, 0.5) is 0 Å². The van der Waals surface area contributed by atoms with E-state index in [-0.39, 0.29) is 6.04 Å². The van der Waals surface area contributed by atoms with Crippen molar-refractivity contribution >= 4 is 5.97 Å². The number of likely N-dealkylation sites (N-methyl/N-ethyl adjacent to an activating group) is 1. The summed E-state index contributed by atoms with van der Waals surface area (Å²) in [4.78, 5) is 13.8. The van der Waals surface area contributed by atoms with Crippen LogP contribution in [0.5, 0.6) is 5.75 Å². The molecule has 5 heteroatoms. The third kappa shape index (κ3) is 7.40. The van der Waals surface area contributed by atoms with E-state index in [1.807, 2.05) is 24.3 Å². The molecule has 0 amide bonds. The number of nitrogens with zero attached hydrogens (tertiary/aromatic N) is 1. The predicted molar refractivity (Wildman–Crippen MR) is 177 cm³/mol. The molecule has 0 saturated heterocycles. The second-order valence-corrected chi connectivity index (χ2v) is 12.0. The summed E-state index contributed by atoms with van der Waals surface area (Å²) in [5, 5.41) is 9.28. The number of aliphatic carboxylic acids is 1. The molecule has 3 unspecified atom stereocenters. The summed E-state index contributed by atoms with van der Waals surface area (Å²) in [7, 11) is 3.63. The van der Waals surface area contributed by atoms with Crippen LogP contribution in [0, 0.1) is 0 Å². The number of methoxy groups -OCH3 is 1. The lowest BCUT2D eigenvalue weighted by atomic mass is 9.87. The largest absolute Gasteiger partial charge is 0.492 e. The monoisotopic (exact) mass is 591 g/mol. The fourth-order valence-electron chi connectivity index (χ4n) is 6.44. The van der Waals surface area contributed by atoms with Gasteiger partial charge in [0.15, 0.2) is 6.10 Å². The maximum Gasteiger partial charge on any atom is 0.333 e. The van der Waals surface area contributed by atoms with Crippen molar-refractivity contribution in [3.63, 3.8) is 0 Å². The first-order valence-electron chi connectivity index (χ1n) is 15.8. The highest BCUT2D eigenvalue weighted by Crippen LogP contribution is 2.39. The lowest BCUT2D eigenvalue weighted by Crippen LogP contribution is -2.30. The van der Waals surface area contributed by atoms with Crippen molar-refractivity contribution in [2.75, 3.05) is 27.3 Å². The van der Waals surface area contributed by atoms with E-state index in [1.165, 1.54) is 46.1 Å². The third-order valence-corrected chi connectivity index (χ3v) is 9.03. The van der Waals surface area contributed by atoms with E-state index in [9.17, 15) is 9.90 Å². The van der Waals surface area contributed by atoms with Crippen LogP contribution < -0.4 is 4.74 Å². The molecule has 44 heavy (non-hydrogen) atoms. The van der Waals surface area contributed by atoms with Crippen molar-refractivity contribution < 1.29 is 19.4 Å². The summed E-state index contributed by atoms with van der Waals surface area (Å²) in [6, 6.07) is 32.8. The minimum absolute atomic E-state index is 0.133. The molecule has 0 fully saturated rings. The zero-order chi connectivity index (χ0) is 31.1. The number of benzene rings is 4. The van der Waals surface area contributed by atoms with Gasteiger partial charge in [-0.2, -0.15) is 0 Å². The summed E-state index contributed by atoms with van der Waals surface area (Å²) in [6.07, 6.45) is 3.81. The highest BCUT2D eigenvalue weighted by atomic mass is 16.5. The average molecular weight is 592 g/mol. The van der Waals surface area contributed by atoms with Gasteiger partial charge in [0.25, 0.3) is 0 Å². The molecule has 230 valence electrons. The van der Waals surface area contributed by atoms with Crippen LogP contribution in [0.1, 0.15) is 76.7 Å². The molecule has 0 aromatic heterocycles. The van der Waals surface area contributed by atoms with E-state index < -0.39 is 12.1 Å². The number of hydrogen-bond donors (Lipinski definition) is 1. The minimum Gasteiger partial charge on any atom is -0.492 e. The van der Waals surface area contributed by atoms with Crippen LogP contribution in [0.3, 0.4) is 0 Å². The Morgan fingerprint density at radius 2 is 1.61 bits per heavy atom. The Morgan fingerprint density at radius 1 is 0.886 bits per heavy atom. The van der Waals surface area contributed by atoms with Gasteiger partial charge in [0.05, 0.1) is 6.04 Å². The van der Waals surface area contributed by atoms with Crippen LogP contribution in [0.25, 0.3) is 0 Å². The van der Waals surface area contributed by atoms with Gasteiger partial charge in [0.2, 0.25) is 0 Å². The molecule has 5 nitrogen and oxygen atoms in total. The van der Waals surface area contributed by atoms with Crippen molar-refractivity contribution in [3.8, 4) is 5.75 Å². The summed E-state index contributed by atoms with van der Waals surface area (Å²) in [6.45, 7) is 5.84. The van der Waals surface area contributed by atoms with Gasteiger partial charge in [-0.05, 0) is 83.0 Å². The molecule has 4 aromatic carbocycles. The van der Waals surface area contributed by atoms with Crippen LogP contribution in [-0.4, -0.2) is 49.4 Å². The molecule has 4 aromatic rings. The standard InChI is InChI=1S/C39H45NO4/c1-5-9-28-14-21-35-33(24-28)18-16-31-15-17-32(27(2)30-10-7-6-8-11-30)26-36(31)38(35)40(3)22-23-44-34-19-12-29(13-20-34)25-37(43-4)39(41)42/h6-8,10-15,17,19-21,24,26-27,37-38H,5,9,16,18,22-23,25H2,1-4H3,(H,41,42). The third-order valence-electron chi connectivity index (χ3n) is 9.03. The second-order valence-electron chi connectivity index (χ2n) is 12.0. The van der Waals surface area contributed by atoms with E-state index in [4.69, 9.17) is 9.47 Å². The fraction of sp³-hybridized carbons (Fsp3) is 0.359. The molecule has 1 aliphatic carbocycles. The average Bonchev–Trinajstić information content (AvgIpc) is 3.20. The maximum absolute atomic E-state index is 11.3. The Morgan fingerprint density at radius 3 is 2.32 bits per heavy atom. The predicted octanol–water partition coefficient (Wildman–Crippen LogP) is 7.63. The van der Waals surface area contributed by atoms with Gasteiger partial charge in [-0.25, -0.2) is 4.79 Å². The number of carboxylic acids is 1. The van der Waals surface area contributed by atoms with Crippen LogP contribution >= 0.6 is 0 Å². The molecule has 0 radical (unpaired) electrons. The molecule has 0 saturated carbocycles. The molecule has 0 heterocycles. The van der Waals surface area contributed by atoms with Gasteiger partial charge in [-0.15, -0.1) is 0 Å². The second kappa shape index (κ2) is 14.7. The number of aryl methyl sites for hydroxylation is 3. The van der Waals surface area contributed by atoms with Crippen LogP contribution in [-0.2, 0) is 35.2 Å². The highest BCUT2D eigenvalue weighted by Gasteiger charge is 2.28. The fourth-order valence-corrected chi connectivity index (χ4v) is 6.44. The van der Waals surface area contributed by atoms with Gasteiger partial charge < -0.3 is 14.6 Å². The summed E-state index contributed by atoms with van der Waals surface area (Å²) in [5.74, 6) is 0.125. The quantitative estimate of drug-likeness (QED) is 0.173. The zero-order valence-corrected chi connectivity index (χ0v) is 26.5. The molecular weight excluding hydrogens is 546 g/mol. The molecule has 5 rings (SSSR count). The SMILES string of the molecule is CCCc1ccc2c(c1)CCc1ccc(C(C)c3ccccc3)cc1C2N(C)CCOc1ccc(CC(OC)C(=O)O)cc1. The van der Waals surface area contributed by atoms with Gasteiger partial charge in [0.1, 0.15) is 12.4 Å². The smallest absolute Gasteiger partial charge is 0.333 e. The first kappa shape index (κ1) is 31.5. The van der Waals surface area contributed by atoms with E-state index in [2.05, 4.69) is 92.5 Å². The Hall–Kier alpha value is -3.93. The molecule has 1 N–H and O–H groups in total. The lowest BCUT2D eigenvalue weighted by molar-refractivity contribution is -0.148. The molecule has 0 bridgehead atoms. The molecule has 0 aliphatic heterocycles. The summed E-state index contributed by atoms with van der Waals surface area (Å²) in [5.41, 5.74) is 10.7. The lowest BCUT2D eigenvalue weighted by Gasteiger charge is -2.31. The van der Waals surface area contributed by atoms with Gasteiger partial charge >= 0.3 is 5.97 Å². The topological polar surface area (TPSA) is 59.0 Å². The van der Waals surface area contributed by atoms with Crippen molar-refractivity contribution in [2.45, 2.75) is 64.0 Å². The number of carbonyl (C=O) groups is 1. The van der Waals surface area contributed by atoms with Crippen molar-refractivity contribution in [3.05, 3.63) is 136 Å². The van der Waals surface area contributed by atoms with Crippen molar-refractivity contribution in [1.82, 2.24) is 4.90 Å². The number of fused-ring (bicyclic) bond motifs is 2. The summed E-state index contributed by atoms with van der Waals surface area (Å²) >= 11 is 0. The Balaban J connectivity index is 1.37. The Kier molecular flexibility index (Phi) is 10.5. The zero-order valence-electron chi connectivity index (χ0n) is 26.5. The van der Waals surface area contributed by atoms with E-state index in [1.54, 1.807) is 0 Å². The van der Waals surface area contributed by atoms with E-state index >= 15 is 0 Å². The number of rotatable bonds is 13. The van der Waals surface area contributed by atoms with Crippen molar-refractivity contribution in [1.29, 1.82) is 0 Å². The van der Waals surface area contributed by atoms with E-state index in [0.29, 0.717) is 18.9 Å². The Labute approximate surface area is 262 Å². The van der Waals surface area contributed by atoms with Gasteiger partial charge in [-0.1, -0.05) is 99.1 Å². The first-order valence-corrected chi connectivity index (χ1v) is 15.8. The normalized spacial score (nSPS) is 15.6. The van der Waals surface area contributed by atoms with Gasteiger partial charge in [0, 0.05) is 26.0 Å². The van der Waals surface area contributed by atoms with Crippen molar-refractivity contribution in [2.24, 2.45) is 0 Å². The van der Waals surface area contributed by atoms with E-state index in [0.717, 1.165) is 43.5 Å². The molecule has 0 spiro atoms. The van der Waals surface area contributed by atoms with Crippen LogP contribution in [0.2, 0.25) is 0 Å². The Bertz CT molecular complexity index is 1530. The number of carboxylic acid groups (broad SMARTS) is 1. The molecule has 3 atom stereocenters. The molecule has 1 aliphatic rings. The highest BCUT2D eigenvalue weighted by molar-refractivity contribution is 5.72. The summed E-state index contributed by atoms with van der Waals surface area (Å²) < 4.78 is 11.3. The maximum atomic E-state index is 11.3. The van der Waals surface area contributed by atoms with Crippen LogP contribution in [0.15, 0.2) is 91.0 Å². The first-order chi connectivity index (χ1) is 21.4. The molecular formula is C39H45NO4. The number of hydrogen-bond acceptors (Lipinski definition) is 4.